The second-order valence-electron chi connectivity index (χ2n) is 6.72. The topological polar surface area (TPSA) is 76.7 Å². The van der Waals surface area contributed by atoms with Crippen molar-refractivity contribution in [2.75, 3.05) is 19.0 Å². The summed E-state index contributed by atoms with van der Waals surface area (Å²) in [5.74, 6) is -0.382. The van der Waals surface area contributed by atoms with Crippen LogP contribution in [0, 0.1) is 0 Å². The van der Waals surface area contributed by atoms with Crippen molar-refractivity contribution >= 4 is 33.7 Å². The van der Waals surface area contributed by atoms with E-state index in [1.807, 2.05) is 72.8 Å². The number of benzene rings is 3. The van der Waals surface area contributed by atoms with Crippen molar-refractivity contribution in [2.45, 2.75) is 12.6 Å². The van der Waals surface area contributed by atoms with Gasteiger partial charge < -0.3 is 9.47 Å². The highest BCUT2D eigenvalue weighted by Crippen LogP contribution is 2.31. The Morgan fingerprint density at radius 3 is 2.32 bits per heavy atom. The Morgan fingerprint density at radius 2 is 1.65 bits per heavy atom. The molecule has 31 heavy (non-hydrogen) atoms. The molecule has 0 aliphatic carbocycles. The number of carbonyl (C=O) groups is 2. The molecule has 1 amide bonds. The van der Waals surface area contributed by atoms with Crippen LogP contribution < -0.4 is 10.6 Å². The first-order valence-corrected chi connectivity index (χ1v) is 10.5. The zero-order chi connectivity index (χ0) is 22.1. The molecule has 7 heteroatoms. The Hall–Kier alpha value is -3.16. The lowest BCUT2D eigenvalue weighted by molar-refractivity contribution is -0.139. The van der Waals surface area contributed by atoms with Crippen LogP contribution in [-0.2, 0) is 20.9 Å². The summed E-state index contributed by atoms with van der Waals surface area (Å²) in [6, 6.07) is 24.3. The van der Waals surface area contributed by atoms with Gasteiger partial charge in [0.15, 0.2) is 0 Å². The third-order valence-electron chi connectivity index (χ3n) is 4.59. The first kappa shape index (κ1) is 22.5. The number of carbonyl (C=O) groups excluding carboxylic acids is 2. The van der Waals surface area contributed by atoms with Crippen molar-refractivity contribution in [1.29, 1.82) is 0 Å². The molecule has 2 N–H and O–H groups in total. The van der Waals surface area contributed by atoms with Crippen LogP contribution in [0.1, 0.15) is 22.7 Å². The van der Waals surface area contributed by atoms with E-state index < -0.39 is 6.09 Å². The highest BCUT2D eigenvalue weighted by atomic mass is 79.9. The van der Waals surface area contributed by atoms with E-state index in [0.717, 1.165) is 21.2 Å². The molecule has 0 saturated heterocycles. The summed E-state index contributed by atoms with van der Waals surface area (Å²) < 4.78 is 11.0. The van der Waals surface area contributed by atoms with E-state index in [4.69, 9.17) is 9.47 Å². The third-order valence-corrected chi connectivity index (χ3v) is 5.08. The molecule has 0 unspecified atom stereocenters. The zero-order valence-electron chi connectivity index (χ0n) is 17.0. The number of ether oxygens (including phenoxy) is 2. The highest BCUT2D eigenvalue weighted by molar-refractivity contribution is 9.10. The fourth-order valence-electron chi connectivity index (χ4n) is 3.07. The van der Waals surface area contributed by atoms with E-state index in [2.05, 4.69) is 26.6 Å². The number of methoxy groups -OCH3 is 1. The summed E-state index contributed by atoms with van der Waals surface area (Å²) in [6.45, 7) is 0.182. The molecule has 0 aliphatic rings. The quantitative estimate of drug-likeness (QED) is 0.439. The molecular formula is C24H23BrN2O4. The van der Waals surface area contributed by atoms with E-state index in [0.29, 0.717) is 5.69 Å². The van der Waals surface area contributed by atoms with E-state index in [-0.39, 0.29) is 25.2 Å². The SMILES string of the molecule is COC(=O)CN[C@@H](c1ccccc1)c1cc(Br)ccc1NC(=O)OCc1ccccc1. The molecule has 160 valence electrons. The summed E-state index contributed by atoms with van der Waals surface area (Å²) in [7, 11) is 1.34. The lowest BCUT2D eigenvalue weighted by Crippen LogP contribution is -2.30. The van der Waals surface area contributed by atoms with Crippen LogP contribution in [0.5, 0.6) is 0 Å². The second-order valence-corrected chi connectivity index (χ2v) is 7.63. The molecule has 0 aromatic heterocycles. The second kappa shape index (κ2) is 11.3. The van der Waals surface area contributed by atoms with Crippen LogP contribution in [0.25, 0.3) is 0 Å². The maximum absolute atomic E-state index is 12.5. The number of hydrogen-bond donors (Lipinski definition) is 2. The number of amides is 1. The molecular weight excluding hydrogens is 460 g/mol. The van der Waals surface area contributed by atoms with Crippen molar-refractivity contribution in [3.05, 3.63) is 100 Å². The van der Waals surface area contributed by atoms with Crippen LogP contribution in [0.2, 0.25) is 0 Å². The smallest absolute Gasteiger partial charge is 0.411 e. The third kappa shape index (κ3) is 6.67. The average Bonchev–Trinajstić information content (AvgIpc) is 2.80. The Bertz CT molecular complexity index is 1010. The zero-order valence-corrected chi connectivity index (χ0v) is 18.6. The molecule has 1 atom stereocenters. The maximum atomic E-state index is 12.5. The minimum Gasteiger partial charge on any atom is -0.468 e. The average molecular weight is 483 g/mol. The molecule has 3 aromatic carbocycles. The normalized spacial score (nSPS) is 11.4. The summed E-state index contributed by atoms with van der Waals surface area (Å²) >= 11 is 3.50. The Morgan fingerprint density at radius 1 is 0.968 bits per heavy atom. The molecule has 0 radical (unpaired) electrons. The van der Waals surface area contributed by atoms with Crippen LogP contribution in [0.4, 0.5) is 10.5 Å². The molecule has 0 bridgehead atoms. The molecule has 0 aliphatic heterocycles. The highest BCUT2D eigenvalue weighted by Gasteiger charge is 2.20. The number of anilines is 1. The van der Waals surface area contributed by atoms with Crippen molar-refractivity contribution in [3.63, 3.8) is 0 Å². The van der Waals surface area contributed by atoms with E-state index in [1.54, 1.807) is 6.07 Å². The Labute approximate surface area is 189 Å². The van der Waals surface area contributed by atoms with E-state index >= 15 is 0 Å². The summed E-state index contributed by atoms with van der Waals surface area (Å²) in [4.78, 5) is 24.2. The molecule has 0 saturated carbocycles. The van der Waals surface area contributed by atoms with Gasteiger partial charge in [0, 0.05) is 10.2 Å². The number of esters is 1. The van der Waals surface area contributed by atoms with Gasteiger partial charge in [0.1, 0.15) is 6.61 Å². The van der Waals surface area contributed by atoms with Crippen LogP contribution in [-0.4, -0.2) is 25.7 Å². The predicted molar refractivity (Wildman–Crippen MR) is 123 cm³/mol. The van der Waals surface area contributed by atoms with Gasteiger partial charge in [0.2, 0.25) is 0 Å². The van der Waals surface area contributed by atoms with Crippen LogP contribution in [0.3, 0.4) is 0 Å². The summed E-state index contributed by atoms with van der Waals surface area (Å²) in [5.41, 5.74) is 3.19. The molecule has 0 fully saturated rings. The minimum atomic E-state index is -0.563. The maximum Gasteiger partial charge on any atom is 0.411 e. The number of nitrogens with one attached hydrogen (secondary N) is 2. The lowest BCUT2D eigenvalue weighted by Gasteiger charge is -2.23. The first-order chi connectivity index (χ1) is 15.1. The predicted octanol–water partition coefficient (Wildman–Crippen LogP) is 5.05. The first-order valence-electron chi connectivity index (χ1n) is 9.69. The van der Waals surface area contributed by atoms with Gasteiger partial charge in [-0.1, -0.05) is 76.6 Å². The number of halogens is 1. The van der Waals surface area contributed by atoms with Gasteiger partial charge in [0.05, 0.1) is 19.7 Å². The van der Waals surface area contributed by atoms with Gasteiger partial charge in [-0.3, -0.25) is 15.4 Å². The molecule has 3 aromatic rings. The van der Waals surface area contributed by atoms with Gasteiger partial charge in [-0.25, -0.2) is 4.79 Å². The number of rotatable bonds is 8. The fraction of sp³-hybridized carbons (Fsp3) is 0.167. The van der Waals surface area contributed by atoms with Crippen molar-refractivity contribution < 1.29 is 19.1 Å². The van der Waals surface area contributed by atoms with Gasteiger partial charge in [0.25, 0.3) is 0 Å². The standard InChI is InChI=1S/C24H23BrN2O4/c1-30-22(28)15-26-23(18-10-6-3-7-11-18)20-14-19(25)12-13-21(20)27-24(29)31-16-17-8-4-2-5-9-17/h2-14,23,26H,15-16H2,1H3,(H,27,29)/t23-/m0/s1. The minimum absolute atomic E-state index is 0.0144. The van der Waals surface area contributed by atoms with E-state index in [9.17, 15) is 9.59 Å². The fourth-order valence-corrected chi connectivity index (χ4v) is 3.44. The summed E-state index contributed by atoms with van der Waals surface area (Å²) in [5, 5.41) is 6.04. The van der Waals surface area contributed by atoms with Crippen LogP contribution >= 0.6 is 15.9 Å². The van der Waals surface area contributed by atoms with Gasteiger partial charge >= 0.3 is 12.1 Å². The molecule has 0 heterocycles. The molecule has 6 nitrogen and oxygen atoms in total. The lowest BCUT2D eigenvalue weighted by atomic mass is 9.97. The Balaban J connectivity index is 1.83. The van der Waals surface area contributed by atoms with Gasteiger partial charge in [-0.2, -0.15) is 0 Å². The monoisotopic (exact) mass is 482 g/mol. The van der Waals surface area contributed by atoms with Crippen molar-refractivity contribution in [2.24, 2.45) is 0 Å². The van der Waals surface area contributed by atoms with Gasteiger partial charge in [-0.05, 0) is 34.9 Å². The van der Waals surface area contributed by atoms with Crippen LogP contribution in [0.15, 0.2) is 83.3 Å². The Kier molecular flexibility index (Phi) is 8.20. The molecule has 3 rings (SSSR count). The number of hydrogen-bond acceptors (Lipinski definition) is 5. The van der Waals surface area contributed by atoms with Crippen molar-refractivity contribution in [1.82, 2.24) is 5.32 Å². The van der Waals surface area contributed by atoms with Crippen molar-refractivity contribution in [3.8, 4) is 0 Å². The summed E-state index contributed by atoms with van der Waals surface area (Å²) in [6.07, 6.45) is -0.563. The molecule has 0 spiro atoms. The van der Waals surface area contributed by atoms with Gasteiger partial charge in [-0.15, -0.1) is 0 Å². The van der Waals surface area contributed by atoms with E-state index in [1.165, 1.54) is 7.11 Å². The largest absolute Gasteiger partial charge is 0.468 e.